The van der Waals surface area contributed by atoms with Crippen LogP contribution in [0.3, 0.4) is 0 Å². The molecule has 4 rings (SSSR count). The van der Waals surface area contributed by atoms with Crippen molar-refractivity contribution in [3.05, 3.63) is 76.8 Å². The maximum absolute atomic E-state index is 13.6. The molecule has 0 aliphatic carbocycles. The molecule has 0 radical (unpaired) electrons. The van der Waals surface area contributed by atoms with Crippen molar-refractivity contribution in [3.8, 4) is 5.75 Å². The fourth-order valence-electron chi connectivity index (χ4n) is 4.28. The third kappa shape index (κ3) is 6.63. The number of sulfonamides is 2. The Bertz CT molecular complexity index is 1540. The van der Waals surface area contributed by atoms with E-state index in [1.165, 1.54) is 41.7 Å². The van der Waals surface area contributed by atoms with Gasteiger partial charge in [0.1, 0.15) is 12.3 Å². The van der Waals surface area contributed by atoms with Gasteiger partial charge in [0, 0.05) is 17.6 Å². The lowest BCUT2D eigenvalue weighted by molar-refractivity contribution is -0.114. The summed E-state index contributed by atoms with van der Waals surface area (Å²) in [4.78, 5) is 13.3. The molecule has 1 amide bonds. The van der Waals surface area contributed by atoms with Crippen LogP contribution in [0.1, 0.15) is 24.8 Å². The van der Waals surface area contributed by atoms with Crippen LogP contribution in [0.5, 0.6) is 5.75 Å². The SMILES string of the molecule is COc1ccc(S(=O)(=O)N2CCCCC2)cc1NC(=O)CN(c1ccc(Br)cc1)S(=O)(=O)c1ccc(C)cc1. The van der Waals surface area contributed by atoms with Crippen LogP contribution in [0, 0.1) is 6.92 Å². The summed E-state index contributed by atoms with van der Waals surface area (Å²) in [5.41, 5.74) is 1.32. The highest BCUT2D eigenvalue weighted by molar-refractivity contribution is 9.10. The largest absolute Gasteiger partial charge is 0.495 e. The van der Waals surface area contributed by atoms with Crippen LogP contribution in [0.15, 0.2) is 81.0 Å². The van der Waals surface area contributed by atoms with E-state index >= 15 is 0 Å². The Morgan fingerprint density at radius 2 is 1.54 bits per heavy atom. The molecule has 1 heterocycles. The Morgan fingerprint density at radius 1 is 0.923 bits per heavy atom. The van der Waals surface area contributed by atoms with Gasteiger partial charge in [-0.05, 0) is 74.4 Å². The molecular formula is C27H30BrN3O6S2. The Morgan fingerprint density at radius 3 is 2.15 bits per heavy atom. The summed E-state index contributed by atoms with van der Waals surface area (Å²) < 4.78 is 62.2. The number of benzene rings is 3. The van der Waals surface area contributed by atoms with E-state index in [-0.39, 0.29) is 21.2 Å². The highest BCUT2D eigenvalue weighted by atomic mass is 79.9. The molecule has 1 fully saturated rings. The van der Waals surface area contributed by atoms with Crippen molar-refractivity contribution in [2.75, 3.05) is 36.4 Å². The highest BCUT2D eigenvalue weighted by Crippen LogP contribution is 2.31. The number of carbonyl (C=O) groups is 1. The lowest BCUT2D eigenvalue weighted by Gasteiger charge is -2.26. The number of hydrogen-bond donors (Lipinski definition) is 1. The zero-order valence-corrected chi connectivity index (χ0v) is 24.9. The number of aryl methyl sites for hydroxylation is 1. The summed E-state index contributed by atoms with van der Waals surface area (Å²) in [6.07, 6.45) is 2.57. The van der Waals surface area contributed by atoms with Gasteiger partial charge in [0.05, 0.1) is 28.3 Å². The molecule has 1 aliphatic heterocycles. The molecule has 9 nitrogen and oxygen atoms in total. The van der Waals surface area contributed by atoms with E-state index in [2.05, 4.69) is 21.2 Å². The number of methoxy groups -OCH3 is 1. The number of halogens is 1. The molecule has 0 spiro atoms. The van der Waals surface area contributed by atoms with E-state index in [0.717, 1.165) is 33.6 Å². The summed E-state index contributed by atoms with van der Waals surface area (Å²) >= 11 is 3.35. The molecule has 39 heavy (non-hydrogen) atoms. The fourth-order valence-corrected chi connectivity index (χ4v) is 7.51. The molecule has 0 bridgehead atoms. The number of rotatable bonds is 9. The van der Waals surface area contributed by atoms with Gasteiger partial charge in [-0.15, -0.1) is 0 Å². The Kier molecular flexibility index (Phi) is 9.00. The average Bonchev–Trinajstić information content (AvgIpc) is 2.93. The van der Waals surface area contributed by atoms with E-state index in [0.29, 0.717) is 18.8 Å². The second-order valence-corrected chi connectivity index (χ2v) is 13.9. The lowest BCUT2D eigenvalue weighted by Crippen LogP contribution is -2.38. The third-order valence-corrected chi connectivity index (χ3v) is 10.6. The smallest absolute Gasteiger partial charge is 0.264 e. The number of nitrogens with zero attached hydrogens (tertiary/aromatic N) is 2. The fraction of sp³-hybridized carbons (Fsp3) is 0.296. The van der Waals surface area contributed by atoms with Gasteiger partial charge >= 0.3 is 0 Å². The molecule has 3 aromatic carbocycles. The van der Waals surface area contributed by atoms with Crippen molar-refractivity contribution in [1.82, 2.24) is 4.31 Å². The number of ether oxygens (including phenoxy) is 1. The van der Waals surface area contributed by atoms with E-state index in [1.54, 1.807) is 36.4 Å². The van der Waals surface area contributed by atoms with Gasteiger partial charge < -0.3 is 10.1 Å². The Hall–Kier alpha value is -2.93. The van der Waals surface area contributed by atoms with E-state index in [4.69, 9.17) is 4.74 Å². The van der Waals surface area contributed by atoms with Crippen molar-refractivity contribution in [1.29, 1.82) is 0 Å². The van der Waals surface area contributed by atoms with E-state index in [1.807, 2.05) is 6.92 Å². The number of amides is 1. The summed E-state index contributed by atoms with van der Waals surface area (Å²) in [5.74, 6) is -0.419. The van der Waals surface area contributed by atoms with Crippen molar-refractivity contribution in [3.63, 3.8) is 0 Å². The van der Waals surface area contributed by atoms with Crippen molar-refractivity contribution < 1.29 is 26.4 Å². The minimum atomic E-state index is -4.11. The monoisotopic (exact) mass is 635 g/mol. The molecular weight excluding hydrogens is 606 g/mol. The summed E-state index contributed by atoms with van der Waals surface area (Å²) in [7, 11) is -6.47. The molecule has 0 saturated carbocycles. The maximum Gasteiger partial charge on any atom is 0.264 e. The molecule has 1 aliphatic rings. The molecule has 12 heteroatoms. The first-order valence-corrected chi connectivity index (χ1v) is 16.0. The Balaban J connectivity index is 1.65. The van der Waals surface area contributed by atoms with Gasteiger partial charge in [0.15, 0.2) is 0 Å². The number of carbonyl (C=O) groups excluding carboxylic acids is 1. The zero-order chi connectivity index (χ0) is 28.2. The molecule has 208 valence electrons. The van der Waals surface area contributed by atoms with E-state index in [9.17, 15) is 21.6 Å². The first kappa shape index (κ1) is 29.1. The van der Waals surface area contributed by atoms with Gasteiger partial charge in [0.2, 0.25) is 15.9 Å². The zero-order valence-electron chi connectivity index (χ0n) is 21.6. The van der Waals surface area contributed by atoms with Gasteiger partial charge in [-0.25, -0.2) is 16.8 Å². The topological polar surface area (TPSA) is 113 Å². The lowest BCUT2D eigenvalue weighted by atomic mass is 10.2. The van der Waals surface area contributed by atoms with Gasteiger partial charge in [-0.3, -0.25) is 9.10 Å². The first-order chi connectivity index (χ1) is 18.5. The minimum Gasteiger partial charge on any atom is -0.495 e. The van der Waals surface area contributed by atoms with Crippen LogP contribution in [-0.4, -0.2) is 53.8 Å². The first-order valence-electron chi connectivity index (χ1n) is 12.4. The van der Waals surface area contributed by atoms with Gasteiger partial charge in [-0.2, -0.15) is 4.31 Å². The number of piperidine rings is 1. The Labute approximate surface area is 238 Å². The summed E-state index contributed by atoms with van der Waals surface area (Å²) in [5, 5.41) is 2.66. The molecule has 0 unspecified atom stereocenters. The predicted molar refractivity (Wildman–Crippen MR) is 154 cm³/mol. The van der Waals surface area contributed by atoms with Crippen LogP contribution >= 0.6 is 15.9 Å². The van der Waals surface area contributed by atoms with Crippen LogP contribution < -0.4 is 14.4 Å². The molecule has 0 aromatic heterocycles. The number of nitrogens with one attached hydrogen (secondary N) is 1. The van der Waals surface area contributed by atoms with E-state index < -0.39 is 32.5 Å². The van der Waals surface area contributed by atoms with Crippen LogP contribution in [-0.2, 0) is 24.8 Å². The molecule has 1 N–H and O–H groups in total. The van der Waals surface area contributed by atoms with Crippen LogP contribution in [0.2, 0.25) is 0 Å². The van der Waals surface area contributed by atoms with Crippen molar-refractivity contribution in [2.24, 2.45) is 0 Å². The predicted octanol–water partition coefficient (Wildman–Crippen LogP) is 4.77. The summed E-state index contributed by atoms with van der Waals surface area (Å²) in [6, 6.07) is 17.2. The second kappa shape index (κ2) is 12.1. The average molecular weight is 637 g/mol. The second-order valence-electron chi connectivity index (χ2n) is 9.18. The number of hydrogen-bond acceptors (Lipinski definition) is 6. The molecule has 1 saturated heterocycles. The van der Waals surface area contributed by atoms with Crippen LogP contribution in [0.4, 0.5) is 11.4 Å². The summed E-state index contributed by atoms with van der Waals surface area (Å²) in [6.45, 7) is 2.18. The van der Waals surface area contributed by atoms with Gasteiger partial charge in [0.25, 0.3) is 10.0 Å². The van der Waals surface area contributed by atoms with Crippen molar-refractivity contribution >= 4 is 53.3 Å². The third-order valence-electron chi connectivity index (χ3n) is 6.41. The van der Waals surface area contributed by atoms with Crippen molar-refractivity contribution in [2.45, 2.75) is 36.0 Å². The quantitative estimate of drug-likeness (QED) is 0.362. The number of anilines is 2. The normalized spacial score (nSPS) is 14.5. The molecule has 3 aromatic rings. The minimum absolute atomic E-state index is 0.0255. The van der Waals surface area contributed by atoms with Gasteiger partial charge in [-0.1, -0.05) is 40.0 Å². The highest BCUT2D eigenvalue weighted by Gasteiger charge is 2.29. The maximum atomic E-state index is 13.6. The molecule has 0 atom stereocenters. The standard InChI is InChI=1S/C27H30BrN3O6S2/c1-20-6-12-23(13-7-20)39(35,36)31(22-10-8-21(28)9-11-22)19-27(32)29-25-18-24(14-15-26(25)37-2)38(33,34)30-16-4-3-5-17-30/h6-15,18H,3-5,16-17,19H2,1-2H3,(H,29,32). The van der Waals surface area contributed by atoms with Crippen LogP contribution in [0.25, 0.3) is 0 Å².